The van der Waals surface area contributed by atoms with Crippen molar-refractivity contribution in [2.45, 2.75) is 32.9 Å². The molecule has 0 spiro atoms. The minimum atomic E-state index is -0.256. The standard InChI is InChI=1S/C16H19NO2S/c1-16(2,3)19-13-8-5-4-7-12(13)11-17-15(18)14-9-6-10-20-14/h4-10H,11H2,1-3H3,(H,17,18). The first-order valence-electron chi connectivity index (χ1n) is 6.54. The van der Waals surface area contributed by atoms with Crippen LogP contribution >= 0.6 is 11.3 Å². The molecule has 1 aromatic heterocycles. The van der Waals surface area contributed by atoms with Crippen LogP contribution in [-0.4, -0.2) is 11.5 Å². The molecule has 3 nitrogen and oxygen atoms in total. The fourth-order valence-electron chi connectivity index (χ4n) is 1.75. The monoisotopic (exact) mass is 289 g/mol. The lowest BCUT2D eigenvalue weighted by Gasteiger charge is -2.23. The van der Waals surface area contributed by atoms with E-state index in [1.165, 1.54) is 11.3 Å². The Morgan fingerprint density at radius 3 is 2.60 bits per heavy atom. The van der Waals surface area contributed by atoms with E-state index in [1.54, 1.807) is 0 Å². The highest BCUT2D eigenvalue weighted by atomic mass is 32.1. The van der Waals surface area contributed by atoms with Crippen LogP contribution in [0.4, 0.5) is 0 Å². The van der Waals surface area contributed by atoms with Gasteiger partial charge in [-0.1, -0.05) is 24.3 Å². The highest BCUT2D eigenvalue weighted by molar-refractivity contribution is 7.12. The van der Waals surface area contributed by atoms with Crippen LogP contribution in [0.2, 0.25) is 0 Å². The molecule has 0 bridgehead atoms. The molecule has 1 aromatic carbocycles. The Balaban J connectivity index is 2.04. The summed E-state index contributed by atoms with van der Waals surface area (Å²) in [6, 6.07) is 11.5. The predicted octanol–water partition coefficient (Wildman–Crippen LogP) is 3.86. The third-order valence-electron chi connectivity index (χ3n) is 2.57. The first-order valence-corrected chi connectivity index (χ1v) is 7.42. The molecule has 0 fully saturated rings. The predicted molar refractivity (Wildman–Crippen MR) is 82.3 cm³/mol. The Kier molecular flexibility index (Phi) is 4.45. The Morgan fingerprint density at radius 2 is 1.95 bits per heavy atom. The summed E-state index contributed by atoms with van der Waals surface area (Å²) in [4.78, 5) is 12.7. The van der Waals surface area contributed by atoms with Crippen molar-refractivity contribution in [3.05, 3.63) is 52.2 Å². The molecule has 1 N–H and O–H groups in total. The van der Waals surface area contributed by atoms with Gasteiger partial charge in [-0.2, -0.15) is 0 Å². The summed E-state index contributed by atoms with van der Waals surface area (Å²) < 4.78 is 5.91. The summed E-state index contributed by atoms with van der Waals surface area (Å²) in [7, 11) is 0. The van der Waals surface area contributed by atoms with Crippen molar-refractivity contribution < 1.29 is 9.53 Å². The Morgan fingerprint density at radius 1 is 1.20 bits per heavy atom. The van der Waals surface area contributed by atoms with E-state index in [2.05, 4.69) is 5.32 Å². The van der Waals surface area contributed by atoms with E-state index in [-0.39, 0.29) is 11.5 Å². The maximum absolute atomic E-state index is 11.9. The van der Waals surface area contributed by atoms with Crippen molar-refractivity contribution in [2.75, 3.05) is 0 Å². The molecule has 0 radical (unpaired) electrons. The maximum Gasteiger partial charge on any atom is 0.261 e. The lowest BCUT2D eigenvalue weighted by molar-refractivity contribution is 0.0953. The zero-order chi connectivity index (χ0) is 14.6. The summed E-state index contributed by atoms with van der Waals surface area (Å²) >= 11 is 1.44. The second-order valence-corrected chi connectivity index (χ2v) is 6.43. The number of carbonyl (C=O) groups excluding carboxylic acids is 1. The second-order valence-electron chi connectivity index (χ2n) is 5.48. The quantitative estimate of drug-likeness (QED) is 0.928. The van der Waals surface area contributed by atoms with Crippen molar-refractivity contribution in [2.24, 2.45) is 0 Å². The Hall–Kier alpha value is -1.81. The number of carbonyl (C=O) groups is 1. The van der Waals surface area contributed by atoms with Crippen molar-refractivity contribution in [3.8, 4) is 5.75 Å². The van der Waals surface area contributed by atoms with Gasteiger partial charge in [0.25, 0.3) is 5.91 Å². The van der Waals surface area contributed by atoms with E-state index in [0.29, 0.717) is 6.54 Å². The molecule has 0 saturated carbocycles. The molecule has 0 aliphatic rings. The molecule has 2 aromatic rings. The summed E-state index contributed by atoms with van der Waals surface area (Å²) in [5, 5.41) is 4.81. The van der Waals surface area contributed by atoms with Crippen molar-refractivity contribution in [3.63, 3.8) is 0 Å². The average molecular weight is 289 g/mol. The van der Waals surface area contributed by atoms with E-state index in [0.717, 1.165) is 16.2 Å². The second kappa shape index (κ2) is 6.09. The van der Waals surface area contributed by atoms with Gasteiger partial charge in [-0.25, -0.2) is 0 Å². The highest BCUT2D eigenvalue weighted by Gasteiger charge is 2.15. The van der Waals surface area contributed by atoms with Crippen molar-refractivity contribution in [1.29, 1.82) is 0 Å². The minimum absolute atomic E-state index is 0.0504. The van der Waals surface area contributed by atoms with Gasteiger partial charge in [0.05, 0.1) is 4.88 Å². The lowest BCUT2D eigenvalue weighted by atomic mass is 10.1. The van der Waals surface area contributed by atoms with Crippen molar-refractivity contribution >= 4 is 17.2 Å². The summed E-state index contributed by atoms with van der Waals surface area (Å²) in [6.45, 7) is 6.49. The number of rotatable bonds is 4. The molecule has 0 saturated heterocycles. The highest BCUT2D eigenvalue weighted by Crippen LogP contribution is 2.23. The van der Waals surface area contributed by atoms with Gasteiger partial charge in [0, 0.05) is 12.1 Å². The van der Waals surface area contributed by atoms with Crippen LogP contribution in [0.3, 0.4) is 0 Å². The van der Waals surface area contributed by atoms with Crippen LogP contribution in [0.25, 0.3) is 0 Å². The first-order chi connectivity index (χ1) is 9.46. The summed E-state index contributed by atoms with van der Waals surface area (Å²) in [5.41, 5.74) is 0.723. The molecule has 106 valence electrons. The van der Waals surface area contributed by atoms with Gasteiger partial charge in [-0.05, 0) is 38.3 Å². The number of amides is 1. The van der Waals surface area contributed by atoms with Gasteiger partial charge < -0.3 is 10.1 Å². The van der Waals surface area contributed by atoms with E-state index in [4.69, 9.17) is 4.74 Å². The lowest BCUT2D eigenvalue weighted by Crippen LogP contribution is -2.26. The molecular weight excluding hydrogens is 270 g/mol. The molecule has 4 heteroatoms. The topological polar surface area (TPSA) is 38.3 Å². The van der Waals surface area contributed by atoms with Gasteiger partial charge in [-0.15, -0.1) is 11.3 Å². The third kappa shape index (κ3) is 4.10. The first kappa shape index (κ1) is 14.6. The zero-order valence-corrected chi connectivity index (χ0v) is 12.8. The van der Waals surface area contributed by atoms with Gasteiger partial charge in [0.1, 0.15) is 11.4 Å². The normalized spacial score (nSPS) is 11.2. The zero-order valence-electron chi connectivity index (χ0n) is 12.0. The van der Waals surface area contributed by atoms with Crippen LogP contribution in [0.1, 0.15) is 36.0 Å². The van der Waals surface area contributed by atoms with Crippen LogP contribution < -0.4 is 10.1 Å². The van der Waals surface area contributed by atoms with Gasteiger partial charge in [-0.3, -0.25) is 4.79 Å². The minimum Gasteiger partial charge on any atom is -0.488 e. The number of thiophene rings is 1. The number of ether oxygens (including phenoxy) is 1. The molecule has 1 amide bonds. The van der Waals surface area contributed by atoms with E-state index in [1.807, 2.05) is 62.5 Å². The van der Waals surface area contributed by atoms with E-state index in [9.17, 15) is 4.79 Å². The molecule has 1 heterocycles. The fourth-order valence-corrected chi connectivity index (χ4v) is 2.39. The summed E-state index contributed by atoms with van der Waals surface area (Å²) in [5.74, 6) is 0.761. The molecule has 0 atom stereocenters. The van der Waals surface area contributed by atoms with Crippen LogP contribution in [0, 0.1) is 0 Å². The molecular formula is C16H19NO2S. The summed E-state index contributed by atoms with van der Waals surface area (Å²) in [6.07, 6.45) is 0. The van der Waals surface area contributed by atoms with E-state index < -0.39 is 0 Å². The molecule has 2 rings (SSSR count). The molecule has 0 unspecified atom stereocenters. The van der Waals surface area contributed by atoms with Gasteiger partial charge in [0.2, 0.25) is 0 Å². The molecule has 0 aliphatic heterocycles. The number of benzene rings is 1. The van der Waals surface area contributed by atoms with Crippen LogP contribution in [0.15, 0.2) is 41.8 Å². The number of hydrogen-bond acceptors (Lipinski definition) is 3. The number of hydrogen-bond donors (Lipinski definition) is 1. The largest absolute Gasteiger partial charge is 0.488 e. The number of para-hydroxylation sites is 1. The Labute approximate surface area is 123 Å². The van der Waals surface area contributed by atoms with Gasteiger partial charge in [0.15, 0.2) is 0 Å². The van der Waals surface area contributed by atoms with Crippen LogP contribution in [-0.2, 0) is 6.54 Å². The number of nitrogens with one attached hydrogen (secondary N) is 1. The molecule has 0 aliphatic carbocycles. The van der Waals surface area contributed by atoms with E-state index >= 15 is 0 Å². The smallest absolute Gasteiger partial charge is 0.261 e. The maximum atomic E-state index is 11.9. The Bertz CT molecular complexity index is 570. The van der Waals surface area contributed by atoms with Gasteiger partial charge >= 0.3 is 0 Å². The SMILES string of the molecule is CC(C)(C)Oc1ccccc1CNC(=O)c1cccs1. The third-order valence-corrected chi connectivity index (χ3v) is 3.44. The fraction of sp³-hybridized carbons (Fsp3) is 0.312. The average Bonchev–Trinajstić information content (AvgIpc) is 2.89. The molecule has 20 heavy (non-hydrogen) atoms. The van der Waals surface area contributed by atoms with Crippen LogP contribution in [0.5, 0.6) is 5.75 Å². The van der Waals surface area contributed by atoms with Crippen molar-refractivity contribution in [1.82, 2.24) is 5.32 Å².